The number of piperidine rings is 1. The van der Waals surface area contributed by atoms with Gasteiger partial charge in [-0.05, 0) is 69.6 Å². The van der Waals surface area contributed by atoms with Crippen molar-refractivity contribution in [2.45, 2.75) is 45.2 Å². The molecule has 0 bridgehead atoms. The zero-order valence-electron chi connectivity index (χ0n) is 12.1. The molecular formula is C16H25FN2. The second kappa shape index (κ2) is 7.01. The molecule has 1 heterocycles. The molecule has 0 amide bonds. The van der Waals surface area contributed by atoms with Crippen LogP contribution in [0.2, 0.25) is 0 Å². The maximum Gasteiger partial charge on any atom is 0.123 e. The first-order chi connectivity index (χ1) is 9.20. The first-order valence-corrected chi connectivity index (χ1v) is 7.34. The third-order valence-corrected chi connectivity index (χ3v) is 4.16. The van der Waals surface area contributed by atoms with Crippen LogP contribution < -0.4 is 5.32 Å². The van der Waals surface area contributed by atoms with Crippen molar-refractivity contribution in [1.29, 1.82) is 0 Å². The van der Waals surface area contributed by atoms with Crippen molar-refractivity contribution in [2.75, 3.05) is 20.1 Å². The molecule has 1 aromatic rings. The van der Waals surface area contributed by atoms with E-state index < -0.39 is 0 Å². The number of halogens is 1. The standard InChI is InChI=1S/C16H25FN2/c1-13-6-7-15(17)11-14(13)12-19-10-4-3-5-16(19)8-9-18-2/h6-7,11,16,18H,3-5,8-10,12H2,1-2H3. The first kappa shape index (κ1) is 14.5. The number of hydrogen-bond donors (Lipinski definition) is 1. The van der Waals surface area contributed by atoms with E-state index in [1.54, 1.807) is 12.1 Å². The third kappa shape index (κ3) is 4.02. The van der Waals surface area contributed by atoms with Gasteiger partial charge in [-0.25, -0.2) is 4.39 Å². The number of nitrogens with one attached hydrogen (secondary N) is 1. The largest absolute Gasteiger partial charge is 0.320 e. The van der Waals surface area contributed by atoms with Crippen LogP contribution in [0, 0.1) is 12.7 Å². The molecule has 1 N–H and O–H groups in total. The third-order valence-electron chi connectivity index (χ3n) is 4.16. The van der Waals surface area contributed by atoms with E-state index in [2.05, 4.69) is 17.1 Å². The Kier molecular flexibility index (Phi) is 5.34. The molecule has 1 atom stereocenters. The lowest BCUT2D eigenvalue weighted by Crippen LogP contribution is -2.40. The highest BCUT2D eigenvalue weighted by Crippen LogP contribution is 2.23. The van der Waals surface area contributed by atoms with Gasteiger partial charge < -0.3 is 5.32 Å². The van der Waals surface area contributed by atoms with E-state index in [4.69, 9.17) is 0 Å². The van der Waals surface area contributed by atoms with Crippen LogP contribution in [0.15, 0.2) is 18.2 Å². The number of hydrogen-bond acceptors (Lipinski definition) is 2. The van der Waals surface area contributed by atoms with Gasteiger partial charge in [0.05, 0.1) is 0 Å². The van der Waals surface area contributed by atoms with E-state index >= 15 is 0 Å². The molecule has 0 spiro atoms. The maximum atomic E-state index is 13.4. The Morgan fingerprint density at radius 1 is 1.37 bits per heavy atom. The molecule has 3 heteroatoms. The summed E-state index contributed by atoms with van der Waals surface area (Å²) in [5.41, 5.74) is 2.33. The average molecular weight is 264 g/mol. The molecular weight excluding hydrogens is 239 g/mol. The second-order valence-electron chi connectivity index (χ2n) is 5.58. The zero-order valence-corrected chi connectivity index (χ0v) is 12.1. The Balaban J connectivity index is 2.04. The summed E-state index contributed by atoms with van der Waals surface area (Å²) in [4.78, 5) is 2.53. The Bertz CT molecular complexity index is 406. The Morgan fingerprint density at radius 3 is 3.00 bits per heavy atom. The van der Waals surface area contributed by atoms with Crippen LogP contribution in [0.3, 0.4) is 0 Å². The SMILES string of the molecule is CNCCC1CCCCN1Cc1cc(F)ccc1C. The van der Waals surface area contributed by atoms with Gasteiger partial charge in [0.2, 0.25) is 0 Å². The molecule has 1 aromatic carbocycles. The van der Waals surface area contributed by atoms with Crippen LogP contribution in [0.25, 0.3) is 0 Å². The molecule has 0 radical (unpaired) electrons. The van der Waals surface area contributed by atoms with E-state index in [-0.39, 0.29) is 5.82 Å². The first-order valence-electron chi connectivity index (χ1n) is 7.34. The number of rotatable bonds is 5. The van der Waals surface area contributed by atoms with Gasteiger partial charge in [0.15, 0.2) is 0 Å². The fraction of sp³-hybridized carbons (Fsp3) is 0.625. The lowest BCUT2D eigenvalue weighted by Gasteiger charge is -2.36. The topological polar surface area (TPSA) is 15.3 Å². The molecule has 2 nitrogen and oxygen atoms in total. The number of aryl methyl sites for hydroxylation is 1. The summed E-state index contributed by atoms with van der Waals surface area (Å²) in [6.07, 6.45) is 5.05. The van der Waals surface area contributed by atoms with E-state index in [0.29, 0.717) is 6.04 Å². The summed E-state index contributed by atoms with van der Waals surface area (Å²) in [6, 6.07) is 5.77. The maximum absolute atomic E-state index is 13.4. The van der Waals surface area contributed by atoms with Gasteiger partial charge in [-0.1, -0.05) is 12.5 Å². The second-order valence-corrected chi connectivity index (χ2v) is 5.58. The predicted octanol–water partition coefficient (Wildman–Crippen LogP) is 3.10. The average Bonchev–Trinajstić information content (AvgIpc) is 2.42. The summed E-state index contributed by atoms with van der Waals surface area (Å²) in [5.74, 6) is -0.121. The lowest BCUT2D eigenvalue weighted by molar-refractivity contribution is 0.132. The molecule has 1 aliphatic rings. The molecule has 2 rings (SSSR count). The number of nitrogens with zero attached hydrogens (tertiary/aromatic N) is 1. The van der Waals surface area contributed by atoms with E-state index in [1.165, 1.54) is 31.2 Å². The van der Waals surface area contributed by atoms with Crippen LogP contribution in [0.1, 0.15) is 36.8 Å². The van der Waals surface area contributed by atoms with Gasteiger partial charge in [0, 0.05) is 12.6 Å². The molecule has 1 aliphatic heterocycles. The van der Waals surface area contributed by atoms with E-state index in [1.807, 2.05) is 13.1 Å². The minimum Gasteiger partial charge on any atom is -0.320 e. The fourth-order valence-electron chi connectivity index (χ4n) is 2.94. The minimum absolute atomic E-state index is 0.121. The van der Waals surface area contributed by atoms with Gasteiger partial charge in [-0.2, -0.15) is 0 Å². The van der Waals surface area contributed by atoms with Gasteiger partial charge in [0.25, 0.3) is 0 Å². The number of likely N-dealkylation sites (tertiary alicyclic amines) is 1. The van der Waals surface area contributed by atoms with Crippen LogP contribution in [-0.2, 0) is 6.54 Å². The van der Waals surface area contributed by atoms with Gasteiger partial charge in [0.1, 0.15) is 5.82 Å². The van der Waals surface area contributed by atoms with Gasteiger partial charge in [-0.3, -0.25) is 4.90 Å². The number of benzene rings is 1. The summed E-state index contributed by atoms with van der Waals surface area (Å²) in [5, 5.41) is 3.23. The smallest absolute Gasteiger partial charge is 0.123 e. The minimum atomic E-state index is -0.121. The summed E-state index contributed by atoms with van der Waals surface area (Å²) in [6.45, 7) is 5.16. The summed E-state index contributed by atoms with van der Waals surface area (Å²) >= 11 is 0. The highest BCUT2D eigenvalue weighted by atomic mass is 19.1. The monoisotopic (exact) mass is 264 g/mol. The molecule has 0 aliphatic carbocycles. The van der Waals surface area contributed by atoms with Gasteiger partial charge in [-0.15, -0.1) is 0 Å². The van der Waals surface area contributed by atoms with E-state index in [9.17, 15) is 4.39 Å². The molecule has 1 unspecified atom stereocenters. The van der Waals surface area contributed by atoms with Crippen LogP contribution in [0.5, 0.6) is 0 Å². The van der Waals surface area contributed by atoms with E-state index in [0.717, 1.165) is 25.2 Å². The van der Waals surface area contributed by atoms with Crippen LogP contribution >= 0.6 is 0 Å². The lowest BCUT2D eigenvalue weighted by atomic mass is 9.97. The molecule has 1 saturated heterocycles. The molecule has 0 aromatic heterocycles. The van der Waals surface area contributed by atoms with Crippen LogP contribution in [-0.4, -0.2) is 31.1 Å². The van der Waals surface area contributed by atoms with Crippen LogP contribution in [0.4, 0.5) is 4.39 Å². The van der Waals surface area contributed by atoms with Crippen molar-refractivity contribution in [3.8, 4) is 0 Å². The predicted molar refractivity (Wildman–Crippen MR) is 77.7 cm³/mol. The van der Waals surface area contributed by atoms with Gasteiger partial charge >= 0.3 is 0 Å². The van der Waals surface area contributed by atoms with Crippen molar-refractivity contribution in [3.05, 3.63) is 35.1 Å². The Hall–Kier alpha value is -0.930. The zero-order chi connectivity index (χ0) is 13.7. The Labute approximate surface area is 116 Å². The quantitative estimate of drug-likeness (QED) is 0.879. The molecule has 1 fully saturated rings. The highest BCUT2D eigenvalue weighted by Gasteiger charge is 2.22. The molecule has 19 heavy (non-hydrogen) atoms. The van der Waals surface area contributed by atoms with Crippen molar-refractivity contribution in [1.82, 2.24) is 10.2 Å². The molecule has 106 valence electrons. The Morgan fingerprint density at radius 2 is 2.21 bits per heavy atom. The fourth-order valence-corrected chi connectivity index (χ4v) is 2.94. The molecule has 0 saturated carbocycles. The summed E-state index contributed by atoms with van der Waals surface area (Å²) < 4.78 is 13.4. The summed E-state index contributed by atoms with van der Waals surface area (Å²) in [7, 11) is 2.00. The van der Waals surface area contributed by atoms with Crippen molar-refractivity contribution in [2.24, 2.45) is 0 Å². The van der Waals surface area contributed by atoms with Crippen molar-refractivity contribution >= 4 is 0 Å². The van der Waals surface area contributed by atoms with Crippen molar-refractivity contribution < 1.29 is 4.39 Å². The highest BCUT2D eigenvalue weighted by molar-refractivity contribution is 5.26. The normalized spacial score (nSPS) is 20.7. The van der Waals surface area contributed by atoms with Crippen molar-refractivity contribution in [3.63, 3.8) is 0 Å².